The van der Waals surface area contributed by atoms with Gasteiger partial charge in [0, 0.05) is 22.2 Å². The summed E-state index contributed by atoms with van der Waals surface area (Å²) >= 11 is 0. The van der Waals surface area contributed by atoms with Crippen molar-refractivity contribution < 1.29 is 14.6 Å². The first-order valence-electron chi connectivity index (χ1n) is 5.17. The van der Waals surface area contributed by atoms with Crippen LogP contribution < -0.4 is 0 Å². The smallest absolute Gasteiger partial charge is 0.314 e. The molecular weight excluding hydrogens is 206 g/mol. The van der Waals surface area contributed by atoms with E-state index >= 15 is 0 Å². The van der Waals surface area contributed by atoms with Crippen molar-refractivity contribution in [2.45, 2.75) is 12.5 Å². The number of rotatable bonds is 1. The molecule has 3 rings (SSSR count). The number of hydrogen-bond donors (Lipinski definition) is 2. The van der Waals surface area contributed by atoms with Gasteiger partial charge in [0.1, 0.15) is 5.92 Å². The van der Waals surface area contributed by atoms with Crippen LogP contribution in [-0.2, 0) is 16.1 Å². The summed E-state index contributed by atoms with van der Waals surface area (Å²) in [5, 5.41) is 10.2. The van der Waals surface area contributed by atoms with Gasteiger partial charge in [-0.05, 0) is 6.07 Å². The van der Waals surface area contributed by atoms with Crippen LogP contribution in [0, 0.1) is 0 Å². The van der Waals surface area contributed by atoms with E-state index in [0.29, 0.717) is 6.61 Å². The second kappa shape index (κ2) is 3.35. The second-order valence-corrected chi connectivity index (χ2v) is 3.97. The molecule has 4 heteroatoms. The largest absolute Gasteiger partial charge is 0.481 e. The predicted octanol–water partition coefficient (Wildman–Crippen LogP) is 1.87. The Morgan fingerprint density at radius 1 is 1.44 bits per heavy atom. The molecular formula is C12H11NO3. The van der Waals surface area contributed by atoms with Gasteiger partial charge in [-0.3, -0.25) is 4.79 Å². The quantitative estimate of drug-likeness (QED) is 0.766. The summed E-state index contributed by atoms with van der Waals surface area (Å²) in [7, 11) is 0. The Balaban J connectivity index is 2.25. The molecule has 1 aromatic carbocycles. The minimum absolute atomic E-state index is 0.245. The molecule has 0 radical (unpaired) electrons. The van der Waals surface area contributed by atoms with E-state index in [-0.39, 0.29) is 6.61 Å². The lowest BCUT2D eigenvalue weighted by Crippen LogP contribution is -2.23. The lowest BCUT2D eigenvalue weighted by Gasteiger charge is -2.19. The highest BCUT2D eigenvalue weighted by molar-refractivity contribution is 5.88. The van der Waals surface area contributed by atoms with Crippen LogP contribution in [0.3, 0.4) is 0 Å². The first-order valence-corrected chi connectivity index (χ1v) is 5.17. The molecule has 1 aliphatic heterocycles. The molecule has 1 aromatic heterocycles. The zero-order valence-corrected chi connectivity index (χ0v) is 8.56. The Labute approximate surface area is 91.8 Å². The van der Waals surface area contributed by atoms with Crippen LogP contribution in [0.5, 0.6) is 0 Å². The second-order valence-electron chi connectivity index (χ2n) is 3.97. The third-order valence-corrected chi connectivity index (χ3v) is 3.02. The highest BCUT2D eigenvalue weighted by atomic mass is 16.5. The molecule has 0 bridgehead atoms. The monoisotopic (exact) mass is 217 g/mol. The molecule has 1 unspecified atom stereocenters. The molecule has 0 spiro atoms. The van der Waals surface area contributed by atoms with Gasteiger partial charge in [0.05, 0.1) is 13.2 Å². The van der Waals surface area contributed by atoms with Crippen LogP contribution >= 0.6 is 0 Å². The number of aliphatic carboxylic acids is 1. The maximum absolute atomic E-state index is 11.1. The number of aromatic nitrogens is 1. The van der Waals surface area contributed by atoms with Crippen LogP contribution in [0.4, 0.5) is 0 Å². The third-order valence-electron chi connectivity index (χ3n) is 3.02. The van der Waals surface area contributed by atoms with Crippen molar-refractivity contribution in [2.24, 2.45) is 0 Å². The van der Waals surface area contributed by atoms with Crippen LogP contribution in [0.1, 0.15) is 17.2 Å². The molecule has 1 atom stereocenters. The fourth-order valence-corrected chi connectivity index (χ4v) is 2.23. The van der Waals surface area contributed by atoms with E-state index < -0.39 is 11.9 Å². The maximum Gasteiger partial charge on any atom is 0.314 e. The molecule has 16 heavy (non-hydrogen) atoms. The Bertz CT molecular complexity index is 558. The number of fused-ring (bicyclic) bond motifs is 3. The standard InChI is InChI=1S/C12H11NO3/c14-12(15)9-6-16-5-8-7-3-1-2-4-10(7)13-11(8)9/h1-4,9,13H,5-6H2,(H,14,15). The average molecular weight is 217 g/mol. The molecule has 2 N–H and O–H groups in total. The Morgan fingerprint density at radius 3 is 3.06 bits per heavy atom. The molecule has 2 aromatic rings. The summed E-state index contributed by atoms with van der Waals surface area (Å²) in [6.45, 7) is 0.734. The molecule has 0 saturated heterocycles. The van der Waals surface area contributed by atoms with Crippen molar-refractivity contribution in [1.82, 2.24) is 4.98 Å². The summed E-state index contributed by atoms with van der Waals surface area (Å²) in [6.07, 6.45) is 0. The van der Waals surface area contributed by atoms with Crippen molar-refractivity contribution in [1.29, 1.82) is 0 Å². The number of carbonyl (C=O) groups is 1. The number of para-hydroxylation sites is 1. The van der Waals surface area contributed by atoms with Crippen molar-refractivity contribution in [3.05, 3.63) is 35.5 Å². The highest BCUT2D eigenvalue weighted by Gasteiger charge is 2.29. The van der Waals surface area contributed by atoms with E-state index in [9.17, 15) is 4.79 Å². The summed E-state index contributed by atoms with van der Waals surface area (Å²) in [6, 6.07) is 7.81. The fourth-order valence-electron chi connectivity index (χ4n) is 2.23. The minimum Gasteiger partial charge on any atom is -0.481 e. The van der Waals surface area contributed by atoms with Gasteiger partial charge in [-0.2, -0.15) is 0 Å². The van der Waals surface area contributed by atoms with E-state index in [1.165, 1.54) is 0 Å². The molecule has 2 heterocycles. The SMILES string of the molecule is O=C(O)C1COCc2c1[nH]c1ccccc21. The van der Waals surface area contributed by atoms with Crippen molar-refractivity contribution in [2.75, 3.05) is 6.61 Å². The van der Waals surface area contributed by atoms with E-state index in [1.54, 1.807) is 0 Å². The van der Waals surface area contributed by atoms with Crippen LogP contribution in [-0.4, -0.2) is 22.7 Å². The Morgan fingerprint density at radius 2 is 2.25 bits per heavy atom. The first kappa shape index (κ1) is 9.42. The lowest BCUT2D eigenvalue weighted by atomic mass is 9.99. The lowest BCUT2D eigenvalue weighted by molar-refractivity contribution is -0.141. The number of carboxylic acid groups (broad SMARTS) is 1. The molecule has 0 saturated carbocycles. The topological polar surface area (TPSA) is 62.3 Å². The zero-order valence-electron chi connectivity index (χ0n) is 8.56. The average Bonchev–Trinajstić information content (AvgIpc) is 2.67. The van der Waals surface area contributed by atoms with Crippen molar-refractivity contribution in [3.63, 3.8) is 0 Å². The normalized spacial score (nSPS) is 19.6. The van der Waals surface area contributed by atoms with Gasteiger partial charge in [0.15, 0.2) is 0 Å². The maximum atomic E-state index is 11.1. The van der Waals surface area contributed by atoms with Gasteiger partial charge in [-0.25, -0.2) is 0 Å². The summed E-state index contributed by atoms with van der Waals surface area (Å²) in [5.41, 5.74) is 2.75. The summed E-state index contributed by atoms with van der Waals surface area (Å²) < 4.78 is 5.34. The summed E-state index contributed by atoms with van der Waals surface area (Å²) in [4.78, 5) is 14.3. The van der Waals surface area contributed by atoms with Gasteiger partial charge in [-0.1, -0.05) is 18.2 Å². The molecule has 4 nitrogen and oxygen atoms in total. The van der Waals surface area contributed by atoms with Crippen molar-refractivity contribution in [3.8, 4) is 0 Å². The molecule has 1 aliphatic rings. The number of aromatic amines is 1. The van der Waals surface area contributed by atoms with Gasteiger partial charge in [0.2, 0.25) is 0 Å². The number of benzene rings is 1. The van der Waals surface area contributed by atoms with Crippen LogP contribution in [0.2, 0.25) is 0 Å². The van der Waals surface area contributed by atoms with Gasteiger partial charge < -0.3 is 14.8 Å². The summed E-state index contributed by atoms with van der Waals surface area (Å²) in [5.74, 6) is -1.41. The van der Waals surface area contributed by atoms with E-state index in [2.05, 4.69) is 4.98 Å². The van der Waals surface area contributed by atoms with Gasteiger partial charge in [-0.15, -0.1) is 0 Å². The fraction of sp³-hybridized carbons (Fsp3) is 0.250. The van der Waals surface area contributed by atoms with Crippen molar-refractivity contribution >= 4 is 16.9 Å². The number of H-pyrrole nitrogens is 1. The first-order chi connectivity index (χ1) is 7.77. The molecule has 0 fully saturated rings. The molecule has 0 aliphatic carbocycles. The van der Waals surface area contributed by atoms with Gasteiger partial charge in [0.25, 0.3) is 0 Å². The van der Waals surface area contributed by atoms with E-state index in [0.717, 1.165) is 22.2 Å². The Hall–Kier alpha value is -1.81. The number of ether oxygens (including phenoxy) is 1. The number of carboxylic acids is 1. The van der Waals surface area contributed by atoms with E-state index in [1.807, 2.05) is 24.3 Å². The predicted molar refractivity (Wildman–Crippen MR) is 58.3 cm³/mol. The van der Waals surface area contributed by atoms with Crippen LogP contribution in [0.25, 0.3) is 10.9 Å². The van der Waals surface area contributed by atoms with Crippen LogP contribution in [0.15, 0.2) is 24.3 Å². The third kappa shape index (κ3) is 1.23. The Kier molecular flexibility index (Phi) is 1.97. The number of nitrogens with one attached hydrogen (secondary N) is 1. The minimum atomic E-state index is -0.840. The number of hydrogen-bond acceptors (Lipinski definition) is 2. The molecule has 82 valence electrons. The highest BCUT2D eigenvalue weighted by Crippen LogP contribution is 2.32. The molecule has 0 amide bonds. The van der Waals surface area contributed by atoms with Gasteiger partial charge >= 0.3 is 5.97 Å². The van der Waals surface area contributed by atoms with E-state index in [4.69, 9.17) is 9.84 Å². The zero-order chi connectivity index (χ0) is 11.1.